The molecule has 1 aliphatic rings. The Morgan fingerprint density at radius 2 is 1.79 bits per heavy atom. The van der Waals surface area contributed by atoms with Crippen molar-refractivity contribution in [1.82, 2.24) is 4.90 Å². The van der Waals surface area contributed by atoms with E-state index in [1.165, 1.54) is 16.7 Å². The van der Waals surface area contributed by atoms with E-state index in [1.54, 1.807) is 4.90 Å². The molecule has 2 amide bonds. The van der Waals surface area contributed by atoms with Gasteiger partial charge in [-0.25, -0.2) is 9.79 Å². The molecule has 1 aliphatic heterocycles. The highest BCUT2D eigenvalue weighted by molar-refractivity contribution is 8.15. The highest BCUT2D eigenvalue weighted by atomic mass is 32.2. The SMILES string of the molecule is CC(C)(C)N(Cc1ccc(/N=C2\SCC(=O)N2c2ccccc2)cc1)C(=O)O. The number of carbonyl (C=O) groups excluding carboxylic acids is 1. The fourth-order valence-corrected chi connectivity index (χ4v) is 3.72. The molecular formula is C21H23N3O3S. The topological polar surface area (TPSA) is 73.2 Å². The number of thioether (sulfide) groups is 1. The van der Waals surface area contributed by atoms with E-state index in [4.69, 9.17) is 0 Å². The van der Waals surface area contributed by atoms with Gasteiger partial charge in [0.05, 0.1) is 17.1 Å². The number of amidine groups is 1. The van der Waals surface area contributed by atoms with Crippen molar-refractivity contribution in [3.63, 3.8) is 0 Å². The van der Waals surface area contributed by atoms with Gasteiger partial charge in [-0.15, -0.1) is 0 Å². The molecule has 0 aromatic heterocycles. The Morgan fingerprint density at radius 1 is 1.14 bits per heavy atom. The summed E-state index contributed by atoms with van der Waals surface area (Å²) in [6.45, 7) is 5.91. The molecule has 1 fully saturated rings. The number of rotatable bonds is 4. The highest BCUT2D eigenvalue weighted by Crippen LogP contribution is 2.29. The summed E-state index contributed by atoms with van der Waals surface area (Å²) in [4.78, 5) is 31.4. The molecule has 6 nitrogen and oxygen atoms in total. The normalized spacial score (nSPS) is 15.9. The van der Waals surface area contributed by atoms with E-state index < -0.39 is 11.6 Å². The van der Waals surface area contributed by atoms with Crippen LogP contribution in [-0.4, -0.2) is 38.5 Å². The van der Waals surface area contributed by atoms with Crippen LogP contribution in [0, 0.1) is 0 Å². The van der Waals surface area contributed by atoms with Gasteiger partial charge < -0.3 is 5.11 Å². The zero-order chi connectivity index (χ0) is 20.3. The third-order valence-corrected chi connectivity index (χ3v) is 5.25. The minimum Gasteiger partial charge on any atom is -0.465 e. The zero-order valence-corrected chi connectivity index (χ0v) is 16.9. The average Bonchev–Trinajstić information content (AvgIpc) is 3.00. The van der Waals surface area contributed by atoms with Gasteiger partial charge in [0, 0.05) is 12.1 Å². The number of nitrogens with zero attached hydrogens (tertiary/aromatic N) is 3. The van der Waals surface area contributed by atoms with Gasteiger partial charge in [0.2, 0.25) is 5.91 Å². The van der Waals surface area contributed by atoms with E-state index in [0.29, 0.717) is 17.5 Å². The minimum absolute atomic E-state index is 0.00819. The number of para-hydroxylation sites is 1. The monoisotopic (exact) mass is 397 g/mol. The molecule has 1 N–H and O–H groups in total. The first-order chi connectivity index (χ1) is 13.3. The number of hydrogen-bond acceptors (Lipinski definition) is 4. The molecule has 7 heteroatoms. The first-order valence-electron chi connectivity index (χ1n) is 8.95. The van der Waals surface area contributed by atoms with E-state index in [2.05, 4.69) is 4.99 Å². The van der Waals surface area contributed by atoms with Crippen molar-refractivity contribution in [2.24, 2.45) is 4.99 Å². The van der Waals surface area contributed by atoms with E-state index in [9.17, 15) is 14.7 Å². The minimum atomic E-state index is -0.948. The molecule has 28 heavy (non-hydrogen) atoms. The van der Waals surface area contributed by atoms with Gasteiger partial charge in [0.1, 0.15) is 0 Å². The summed E-state index contributed by atoms with van der Waals surface area (Å²) < 4.78 is 0. The Hall–Kier alpha value is -2.80. The quantitative estimate of drug-likeness (QED) is 0.809. The number of hydrogen-bond donors (Lipinski definition) is 1. The van der Waals surface area contributed by atoms with Crippen molar-refractivity contribution in [1.29, 1.82) is 0 Å². The standard InChI is InChI=1S/C21H23N3O3S/c1-21(2,3)23(20(26)27)13-15-9-11-16(12-10-15)22-19-24(18(25)14-28-19)17-7-5-4-6-8-17/h4-12H,13-14H2,1-3H3,(H,26,27)/b22-19-. The van der Waals surface area contributed by atoms with Gasteiger partial charge in [-0.2, -0.15) is 0 Å². The lowest BCUT2D eigenvalue weighted by molar-refractivity contribution is -0.115. The van der Waals surface area contributed by atoms with Crippen molar-refractivity contribution in [2.45, 2.75) is 32.9 Å². The summed E-state index contributed by atoms with van der Waals surface area (Å²) in [5, 5.41) is 10.1. The number of benzene rings is 2. The highest BCUT2D eigenvalue weighted by Gasteiger charge is 2.29. The maximum atomic E-state index is 12.3. The molecule has 3 rings (SSSR count). The number of amides is 2. The van der Waals surface area contributed by atoms with Crippen LogP contribution in [0.3, 0.4) is 0 Å². The van der Waals surface area contributed by atoms with E-state index in [-0.39, 0.29) is 5.91 Å². The second-order valence-corrected chi connectivity index (χ2v) is 8.40. The first kappa shape index (κ1) is 19.9. The molecule has 0 radical (unpaired) electrons. The molecule has 1 saturated heterocycles. The summed E-state index contributed by atoms with van der Waals surface area (Å²) >= 11 is 1.41. The van der Waals surface area contributed by atoms with E-state index in [1.807, 2.05) is 75.4 Å². The van der Waals surface area contributed by atoms with Gasteiger partial charge in [0.25, 0.3) is 0 Å². The first-order valence-corrected chi connectivity index (χ1v) is 9.93. The lowest BCUT2D eigenvalue weighted by Gasteiger charge is -2.33. The number of aliphatic imine (C=N–C) groups is 1. The number of carbonyl (C=O) groups is 2. The predicted molar refractivity (Wildman–Crippen MR) is 113 cm³/mol. The summed E-state index contributed by atoms with van der Waals surface area (Å²) in [5.74, 6) is 0.374. The summed E-state index contributed by atoms with van der Waals surface area (Å²) in [7, 11) is 0. The molecule has 0 spiro atoms. The van der Waals surface area contributed by atoms with Gasteiger partial charge in [0.15, 0.2) is 5.17 Å². The Balaban J connectivity index is 1.80. The van der Waals surface area contributed by atoms with Crippen molar-refractivity contribution in [2.75, 3.05) is 10.7 Å². The maximum Gasteiger partial charge on any atom is 0.408 e. The molecular weight excluding hydrogens is 374 g/mol. The van der Waals surface area contributed by atoms with Gasteiger partial charge in [-0.05, 0) is 50.6 Å². The Labute approximate surface area is 168 Å². The van der Waals surface area contributed by atoms with Gasteiger partial charge >= 0.3 is 6.09 Å². The van der Waals surface area contributed by atoms with Crippen LogP contribution >= 0.6 is 11.8 Å². The second-order valence-electron chi connectivity index (χ2n) is 7.45. The third-order valence-electron chi connectivity index (χ3n) is 4.32. The van der Waals surface area contributed by atoms with Crippen molar-refractivity contribution in [3.05, 3.63) is 60.2 Å². The van der Waals surface area contributed by atoms with Crippen molar-refractivity contribution < 1.29 is 14.7 Å². The van der Waals surface area contributed by atoms with E-state index in [0.717, 1.165) is 16.9 Å². The van der Waals surface area contributed by atoms with Crippen LogP contribution in [0.25, 0.3) is 0 Å². The smallest absolute Gasteiger partial charge is 0.408 e. The van der Waals surface area contributed by atoms with Crippen LogP contribution in [0.15, 0.2) is 59.6 Å². The molecule has 0 saturated carbocycles. The molecule has 2 aromatic carbocycles. The molecule has 0 bridgehead atoms. The van der Waals surface area contributed by atoms with Crippen LogP contribution in [0.5, 0.6) is 0 Å². The van der Waals surface area contributed by atoms with Gasteiger partial charge in [-0.3, -0.25) is 14.6 Å². The molecule has 2 aromatic rings. The van der Waals surface area contributed by atoms with Gasteiger partial charge in [-0.1, -0.05) is 42.1 Å². The van der Waals surface area contributed by atoms with Crippen molar-refractivity contribution >= 4 is 40.3 Å². The zero-order valence-electron chi connectivity index (χ0n) is 16.1. The number of carboxylic acid groups (broad SMARTS) is 1. The lowest BCUT2D eigenvalue weighted by atomic mass is 10.1. The van der Waals surface area contributed by atoms with Crippen LogP contribution in [-0.2, 0) is 11.3 Å². The average molecular weight is 398 g/mol. The summed E-state index contributed by atoms with van der Waals surface area (Å²) in [5.41, 5.74) is 1.92. The third kappa shape index (κ3) is 4.54. The van der Waals surface area contributed by atoms with Crippen LogP contribution in [0.1, 0.15) is 26.3 Å². The predicted octanol–water partition coefficient (Wildman–Crippen LogP) is 4.73. The maximum absolute atomic E-state index is 12.3. The molecule has 146 valence electrons. The Kier molecular flexibility index (Phi) is 5.74. The lowest BCUT2D eigenvalue weighted by Crippen LogP contribution is -2.44. The van der Waals surface area contributed by atoms with E-state index >= 15 is 0 Å². The second kappa shape index (κ2) is 8.06. The van der Waals surface area contributed by atoms with Crippen molar-refractivity contribution in [3.8, 4) is 0 Å². The number of anilines is 1. The molecule has 0 atom stereocenters. The Morgan fingerprint density at radius 3 is 2.36 bits per heavy atom. The molecule has 0 unspecified atom stereocenters. The molecule has 1 heterocycles. The summed E-state index contributed by atoms with van der Waals surface area (Å²) in [6.07, 6.45) is -0.948. The fraction of sp³-hybridized carbons (Fsp3) is 0.286. The molecule has 0 aliphatic carbocycles. The van der Waals surface area contributed by atoms with Crippen LogP contribution in [0.2, 0.25) is 0 Å². The largest absolute Gasteiger partial charge is 0.465 e. The van der Waals surface area contributed by atoms with Crippen LogP contribution in [0.4, 0.5) is 16.2 Å². The Bertz CT molecular complexity index is 889. The fourth-order valence-electron chi connectivity index (χ4n) is 2.84. The summed E-state index contributed by atoms with van der Waals surface area (Å²) in [6, 6.07) is 16.9. The van der Waals surface area contributed by atoms with Crippen LogP contribution < -0.4 is 4.90 Å².